The van der Waals surface area contributed by atoms with Crippen molar-refractivity contribution in [2.45, 2.75) is 52.2 Å². The van der Waals surface area contributed by atoms with Crippen molar-refractivity contribution in [1.82, 2.24) is 5.32 Å². The smallest absolute Gasteiger partial charge is 0.0897 e. The topological polar surface area (TPSA) is 50.7 Å². The van der Waals surface area contributed by atoms with Gasteiger partial charge < -0.3 is 19.9 Å². The van der Waals surface area contributed by atoms with Crippen LogP contribution in [0.25, 0.3) is 0 Å². The molecule has 1 unspecified atom stereocenters. The van der Waals surface area contributed by atoms with E-state index in [1.54, 1.807) is 7.11 Å². The molecule has 0 aliphatic rings. The maximum absolute atomic E-state index is 9.70. The lowest BCUT2D eigenvalue weighted by Gasteiger charge is -2.24. The third-order valence-corrected chi connectivity index (χ3v) is 2.86. The summed E-state index contributed by atoms with van der Waals surface area (Å²) in [4.78, 5) is 0. The van der Waals surface area contributed by atoms with Crippen molar-refractivity contribution in [3.8, 4) is 0 Å². The highest BCUT2D eigenvalue weighted by Gasteiger charge is 2.16. The van der Waals surface area contributed by atoms with Crippen LogP contribution in [0.1, 0.15) is 40.5 Å². The minimum atomic E-state index is -0.447. The third kappa shape index (κ3) is 11.0. The van der Waals surface area contributed by atoms with Gasteiger partial charge in [0.1, 0.15) is 0 Å². The molecule has 0 saturated carbocycles. The van der Waals surface area contributed by atoms with Crippen LogP contribution < -0.4 is 5.32 Å². The van der Waals surface area contributed by atoms with Crippen molar-refractivity contribution in [2.75, 3.05) is 33.4 Å². The minimum Gasteiger partial charge on any atom is -0.389 e. The molecule has 0 aliphatic carbocycles. The van der Waals surface area contributed by atoms with E-state index < -0.39 is 6.10 Å². The van der Waals surface area contributed by atoms with Gasteiger partial charge in [0.25, 0.3) is 0 Å². The molecule has 0 radical (unpaired) electrons. The predicted molar refractivity (Wildman–Crippen MR) is 74.9 cm³/mol. The van der Waals surface area contributed by atoms with Crippen LogP contribution in [0, 0.1) is 5.92 Å². The molecular formula is C14H31NO3. The molecule has 0 aromatic carbocycles. The lowest BCUT2D eigenvalue weighted by molar-refractivity contribution is 0.0113. The Bertz CT molecular complexity index is 195. The van der Waals surface area contributed by atoms with Crippen LogP contribution in [0.15, 0.2) is 0 Å². The van der Waals surface area contributed by atoms with E-state index in [0.717, 1.165) is 18.9 Å². The Morgan fingerprint density at radius 3 is 2.50 bits per heavy atom. The van der Waals surface area contributed by atoms with Crippen LogP contribution in [-0.2, 0) is 9.47 Å². The molecule has 0 bridgehead atoms. The molecule has 110 valence electrons. The summed E-state index contributed by atoms with van der Waals surface area (Å²) in [6.45, 7) is 10.8. The number of hydrogen-bond donors (Lipinski definition) is 2. The first-order chi connectivity index (χ1) is 8.37. The first-order valence-electron chi connectivity index (χ1n) is 6.89. The quantitative estimate of drug-likeness (QED) is 0.557. The van der Waals surface area contributed by atoms with Crippen LogP contribution in [0.5, 0.6) is 0 Å². The normalized spacial score (nSPS) is 14.2. The summed E-state index contributed by atoms with van der Waals surface area (Å²) in [6, 6.07) is 0. The summed E-state index contributed by atoms with van der Waals surface area (Å²) in [5.74, 6) is 0.719. The largest absolute Gasteiger partial charge is 0.389 e. The Balaban J connectivity index is 3.40. The van der Waals surface area contributed by atoms with Crippen LogP contribution in [0.4, 0.5) is 0 Å². The van der Waals surface area contributed by atoms with E-state index in [0.29, 0.717) is 19.7 Å². The van der Waals surface area contributed by atoms with Gasteiger partial charge in [-0.25, -0.2) is 0 Å². The third-order valence-electron chi connectivity index (χ3n) is 2.86. The van der Waals surface area contributed by atoms with E-state index in [9.17, 15) is 5.11 Å². The van der Waals surface area contributed by atoms with Crippen molar-refractivity contribution >= 4 is 0 Å². The van der Waals surface area contributed by atoms with Crippen molar-refractivity contribution in [2.24, 2.45) is 5.92 Å². The number of nitrogens with one attached hydrogen (secondary N) is 1. The summed E-state index contributed by atoms with van der Waals surface area (Å²) in [5, 5.41) is 12.9. The standard InChI is InChI=1S/C14H31NO3/c1-12(2)7-6-8-18-10-13(16)9-15-11-14(3,4)17-5/h12-13,15-16H,6-11H2,1-5H3. The van der Waals surface area contributed by atoms with Crippen molar-refractivity contribution in [3.05, 3.63) is 0 Å². The van der Waals surface area contributed by atoms with E-state index in [2.05, 4.69) is 19.2 Å². The summed E-state index contributed by atoms with van der Waals surface area (Å²) >= 11 is 0. The summed E-state index contributed by atoms with van der Waals surface area (Å²) in [6.07, 6.45) is 1.79. The Morgan fingerprint density at radius 2 is 1.94 bits per heavy atom. The average Bonchev–Trinajstić information content (AvgIpc) is 2.28. The molecule has 0 spiro atoms. The first-order valence-corrected chi connectivity index (χ1v) is 6.89. The number of ether oxygens (including phenoxy) is 2. The van der Waals surface area contributed by atoms with Gasteiger partial charge in [-0.15, -0.1) is 0 Å². The van der Waals surface area contributed by atoms with Gasteiger partial charge in [0.2, 0.25) is 0 Å². The Morgan fingerprint density at radius 1 is 1.28 bits per heavy atom. The summed E-state index contributed by atoms with van der Waals surface area (Å²) < 4.78 is 10.7. The molecule has 0 aromatic rings. The average molecular weight is 261 g/mol. The van der Waals surface area contributed by atoms with E-state index in [1.165, 1.54) is 6.42 Å². The molecule has 1 atom stereocenters. The van der Waals surface area contributed by atoms with E-state index in [1.807, 2.05) is 13.8 Å². The van der Waals surface area contributed by atoms with E-state index >= 15 is 0 Å². The Hall–Kier alpha value is -0.160. The van der Waals surface area contributed by atoms with Gasteiger partial charge in [0, 0.05) is 26.8 Å². The van der Waals surface area contributed by atoms with Crippen molar-refractivity contribution in [1.29, 1.82) is 0 Å². The number of methoxy groups -OCH3 is 1. The molecule has 18 heavy (non-hydrogen) atoms. The highest BCUT2D eigenvalue weighted by atomic mass is 16.5. The molecule has 0 saturated heterocycles. The molecule has 0 amide bonds. The number of aliphatic hydroxyl groups is 1. The Kier molecular flexibility index (Phi) is 9.64. The van der Waals surface area contributed by atoms with Crippen molar-refractivity contribution in [3.63, 3.8) is 0 Å². The van der Waals surface area contributed by atoms with Gasteiger partial charge in [0.15, 0.2) is 0 Å². The number of hydrogen-bond acceptors (Lipinski definition) is 4. The zero-order chi connectivity index (χ0) is 14.0. The fourth-order valence-electron chi connectivity index (χ4n) is 1.48. The highest BCUT2D eigenvalue weighted by molar-refractivity contribution is 4.72. The molecule has 4 nitrogen and oxygen atoms in total. The molecule has 0 rings (SSSR count). The van der Waals surface area contributed by atoms with Crippen LogP contribution >= 0.6 is 0 Å². The van der Waals surface area contributed by atoms with E-state index in [-0.39, 0.29) is 5.60 Å². The first kappa shape index (κ1) is 17.8. The second-order valence-electron chi connectivity index (χ2n) is 5.86. The predicted octanol–water partition coefficient (Wildman–Crippen LogP) is 1.81. The summed E-state index contributed by atoms with van der Waals surface area (Å²) in [7, 11) is 1.69. The Labute approximate surface area is 112 Å². The molecule has 0 aromatic heterocycles. The molecule has 0 fully saturated rings. The number of aliphatic hydroxyl groups excluding tert-OH is 1. The highest BCUT2D eigenvalue weighted by Crippen LogP contribution is 2.05. The zero-order valence-electron chi connectivity index (χ0n) is 12.7. The lowest BCUT2D eigenvalue weighted by atomic mass is 10.1. The van der Waals surface area contributed by atoms with Gasteiger partial charge in [-0.1, -0.05) is 13.8 Å². The fourth-order valence-corrected chi connectivity index (χ4v) is 1.48. The maximum atomic E-state index is 9.70. The monoisotopic (exact) mass is 261 g/mol. The van der Waals surface area contributed by atoms with Crippen LogP contribution in [0.3, 0.4) is 0 Å². The number of rotatable bonds is 11. The molecular weight excluding hydrogens is 230 g/mol. The van der Waals surface area contributed by atoms with Gasteiger partial charge >= 0.3 is 0 Å². The molecule has 2 N–H and O–H groups in total. The SMILES string of the molecule is COC(C)(C)CNCC(O)COCCCC(C)C. The van der Waals surface area contributed by atoms with Gasteiger partial charge in [0.05, 0.1) is 18.3 Å². The summed E-state index contributed by atoms with van der Waals surface area (Å²) in [5.41, 5.74) is -0.197. The second kappa shape index (κ2) is 9.73. The molecule has 0 heterocycles. The lowest BCUT2D eigenvalue weighted by Crippen LogP contribution is -2.40. The van der Waals surface area contributed by atoms with Gasteiger partial charge in [-0.2, -0.15) is 0 Å². The van der Waals surface area contributed by atoms with Crippen LogP contribution in [-0.4, -0.2) is 50.2 Å². The maximum Gasteiger partial charge on any atom is 0.0897 e. The van der Waals surface area contributed by atoms with E-state index in [4.69, 9.17) is 9.47 Å². The van der Waals surface area contributed by atoms with Gasteiger partial charge in [-0.3, -0.25) is 0 Å². The van der Waals surface area contributed by atoms with Crippen molar-refractivity contribution < 1.29 is 14.6 Å². The molecule has 0 aliphatic heterocycles. The van der Waals surface area contributed by atoms with Crippen LogP contribution in [0.2, 0.25) is 0 Å². The minimum absolute atomic E-state index is 0.197. The fraction of sp³-hybridized carbons (Fsp3) is 1.00. The zero-order valence-corrected chi connectivity index (χ0v) is 12.7. The van der Waals surface area contributed by atoms with Gasteiger partial charge in [-0.05, 0) is 32.6 Å². The molecule has 4 heteroatoms. The second-order valence-corrected chi connectivity index (χ2v) is 5.86.